The molecule has 0 saturated heterocycles. The van der Waals surface area contributed by atoms with Crippen LogP contribution in [0.25, 0.3) is 0 Å². The van der Waals surface area contributed by atoms with Crippen LogP contribution in [0.15, 0.2) is 12.1 Å². The number of esters is 1. The predicted molar refractivity (Wildman–Crippen MR) is 85.5 cm³/mol. The Hall–Kier alpha value is -1.75. The Kier molecular flexibility index (Phi) is 7.02. The van der Waals surface area contributed by atoms with E-state index in [9.17, 15) is 4.79 Å². The van der Waals surface area contributed by atoms with Crippen LogP contribution in [0.1, 0.15) is 42.1 Å². The first-order chi connectivity index (χ1) is 10.0. The molecule has 0 fully saturated rings. The van der Waals surface area contributed by atoms with Crippen molar-refractivity contribution in [1.82, 2.24) is 0 Å². The first-order valence-corrected chi connectivity index (χ1v) is 7.36. The molecule has 5 nitrogen and oxygen atoms in total. The van der Waals surface area contributed by atoms with E-state index in [1.807, 2.05) is 13.0 Å². The zero-order valence-corrected chi connectivity index (χ0v) is 13.1. The molecule has 1 unspecified atom stereocenters. The second-order valence-electron chi connectivity index (χ2n) is 5.29. The van der Waals surface area contributed by atoms with E-state index < -0.39 is 5.97 Å². The van der Waals surface area contributed by atoms with Crippen LogP contribution in [0.3, 0.4) is 0 Å². The largest absolute Gasteiger partial charge is 0.465 e. The van der Waals surface area contributed by atoms with Gasteiger partial charge in [0.05, 0.1) is 12.7 Å². The number of methoxy groups -OCH3 is 1. The second kappa shape index (κ2) is 8.52. The summed E-state index contributed by atoms with van der Waals surface area (Å²) < 4.78 is 4.75. The zero-order chi connectivity index (χ0) is 15.8. The van der Waals surface area contributed by atoms with Crippen LogP contribution in [0.5, 0.6) is 0 Å². The zero-order valence-electron chi connectivity index (χ0n) is 13.1. The Bertz CT molecular complexity index is 469. The van der Waals surface area contributed by atoms with Crippen molar-refractivity contribution in [3.8, 4) is 0 Å². The molecule has 118 valence electrons. The number of aliphatic hydroxyl groups is 1. The minimum absolute atomic E-state index is 0.195. The summed E-state index contributed by atoms with van der Waals surface area (Å²) in [6.07, 6.45) is 2.92. The summed E-state index contributed by atoms with van der Waals surface area (Å²) >= 11 is 0. The van der Waals surface area contributed by atoms with Gasteiger partial charge in [-0.15, -0.1) is 0 Å². The first-order valence-electron chi connectivity index (χ1n) is 7.36. The summed E-state index contributed by atoms with van der Waals surface area (Å²) in [7, 11) is 1.34. The van der Waals surface area contributed by atoms with Crippen LogP contribution in [0.4, 0.5) is 11.4 Å². The van der Waals surface area contributed by atoms with E-state index in [0.717, 1.165) is 37.1 Å². The smallest absolute Gasteiger partial charge is 0.340 e. The Balaban J connectivity index is 2.83. The lowest BCUT2D eigenvalue weighted by Gasteiger charge is -2.18. The maximum Gasteiger partial charge on any atom is 0.340 e. The van der Waals surface area contributed by atoms with Crippen molar-refractivity contribution in [2.24, 2.45) is 5.92 Å². The lowest BCUT2D eigenvalue weighted by Crippen LogP contribution is -2.16. The van der Waals surface area contributed by atoms with E-state index in [1.165, 1.54) is 7.11 Å². The van der Waals surface area contributed by atoms with E-state index >= 15 is 0 Å². The van der Waals surface area contributed by atoms with E-state index in [2.05, 4.69) is 12.2 Å². The minimum Gasteiger partial charge on any atom is -0.465 e. The number of nitrogens with two attached hydrogens (primary N) is 1. The third kappa shape index (κ3) is 4.93. The van der Waals surface area contributed by atoms with Crippen molar-refractivity contribution in [2.75, 3.05) is 31.3 Å². The van der Waals surface area contributed by atoms with Crippen LogP contribution >= 0.6 is 0 Å². The third-order valence-corrected chi connectivity index (χ3v) is 3.62. The van der Waals surface area contributed by atoms with E-state index in [1.54, 1.807) is 6.07 Å². The Morgan fingerprint density at radius 1 is 1.43 bits per heavy atom. The number of aryl methyl sites for hydroxylation is 1. The number of nitrogen functional groups attached to an aromatic ring is 1. The molecule has 0 bridgehead atoms. The summed E-state index contributed by atoms with van der Waals surface area (Å²) in [5.41, 5.74) is 8.44. The molecule has 5 heteroatoms. The topological polar surface area (TPSA) is 84.6 Å². The van der Waals surface area contributed by atoms with Crippen molar-refractivity contribution in [3.05, 3.63) is 23.3 Å². The molecule has 1 rings (SSSR count). The monoisotopic (exact) mass is 294 g/mol. The fourth-order valence-electron chi connectivity index (χ4n) is 2.38. The Labute approximate surface area is 126 Å². The van der Waals surface area contributed by atoms with Crippen molar-refractivity contribution < 1.29 is 14.6 Å². The molecule has 21 heavy (non-hydrogen) atoms. The van der Waals surface area contributed by atoms with Gasteiger partial charge in [-0.3, -0.25) is 0 Å². The molecule has 4 N–H and O–H groups in total. The van der Waals surface area contributed by atoms with Crippen molar-refractivity contribution in [3.63, 3.8) is 0 Å². The highest BCUT2D eigenvalue weighted by Crippen LogP contribution is 2.24. The summed E-state index contributed by atoms with van der Waals surface area (Å²) in [6, 6.07) is 3.64. The summed E-state index contributed by atoms with van der Waals surface area (Å²) in [5, 5.41) is 12.4. The molecule has 1 aromatic rings. The molecule has 0 aliphatic rings. The number of ether oxygens (including phenoxy) is 1. The quantitative estimate of drug-likeness (QED) is 0.507. The molecule has 0 radical (unpaired) electrons. The van der Waals surface area contributed by atoms with Gasteiger partial charge in [0.25, 0.3) is 0 Å². The standard InChI is InChI=1S/C16H26N2O3/c1-4-5-12(6-7-19)10-18-13-8-11(2)15(17)14(9-13)16(20)21-3/h8-9,12,18-19H,4-7,10,17H2,1-3H3. The molecule has 1 aromatic carbocycles. The van der Waals surface area contributed by atoms with E-state index in [4.69, 9.17) is 15.6 Å². The number of benzene rings is 1. The van der Waals surface area contributed by atoms with Crippen molar-refractivity contribution in [2.45, 2.75) is 33.1 Å². The molecule has 0 amide bonds. The van der Waals surface area contributed by atoms with Gasteiger partial charge >= 0.3 is 5.97 Å². The fourth-order valence-corrected chi connectivity index (χ4v) is 2.38. The highest BCUT2D eigenvalue weighted by atomic mass is 16.5. The van der Waals surface area contributed by atoms with Gasteiger partial charge in [0.2, 0.25) is 0 Å². The molecular weight excluding hydrogens is 268 g/mol. The number of hydrogen-bond donors (Lipinski definition) is 3. The van der Waals surface area contributed by atoms with Crippen LogP contribution in [-0.4, -0.2) is 31.3 Å². The molecule has 1 atom stereocenters. The van der Waals surface area contributed by atoms with Gasteiger partial charge in [-0.05, 0) is 43.4 Å². The average molecular weight is 294 g/mol. The number of nitrogens with one attached hydrogen (secondary N) is 1. The van der Waals surface area contributed by atoms with Crippen LogP contribution in [-0.2, 0) is 4.74 Å². The maximum absolute atomic E-state index is 11.7. The highest BCUT2D eigenvalue weighted by Gasteiger charge is 2.14. The van der Waals surface area contributed by atoms with Crippen molar-refractivity contribution in [1.29, 1.82) is 0 Å². The minimum atomic E-state index is -0.431. The molecule has 0 saturated carbocycles. The number of rotatable bonds is 8. The van der Waals surface area contributed by atoms with Crippen molar-refractivity contribution >= 4 is 17.3 Å². The van der Waals surface area contributed by atoms with Crippen LogP contribution in [0, 0.1) is 12.8 Å². The molecular formula is C16H26N2O3. The third-order valence-electron chi connectivity index (χ3n) is 3.62. The maximum atomic E-state index is 11.7. The van der Waals surface area contributed by atoms with E-state index in [-0.39, 0.29) is 6.61 Å². The number of anilines is 2. The first kappa shape index (κ1) is 17.3. The molecule has 0 aromatic heterocycles. The number of carbonyl (C=O) groups excluding carboxylic acids is 1. The molecule has 0 aliphatic carbocycles. The Morgan fingerprint density at radius 2 is 2.14 bits per heavy atom. The lowest BCUT2D eigenvalue weighted by molar-refractivity contribution is 0.0602. The summed E-state index contributed by atoms with van der Waals surface area (Å²) in [6.45, 7) is 4.95. The normalized spacial score (nSPS) is 12.0. The van der Waals surface area contributed by atoms with Gasteiger partial charge in [-0.1, -0.05) is 13.3 Å². The average Bonchev–Trinajstić information content (AvgIpc) is 2.47. The van der Waals surface area contributed by atoms with Gasteiger partial charge < -0.3 is 20.9 Å². The molecule has 0 spiro atoms. The number of carbonyl (C=O) groups is 1. The number of aliphatic hydroxyl groups excluding tert-OH is 1. The van der Waals surface area contributed by atoms with Crippen LogP contribution in [0.2, 0.25) is 0 Å². The summed E-state index contributed by atoms with van der Waals surface area (Å²) in [5.74, 6) is -0.0147. The summed E-state index contributed by atoms with van der Waals surface area (Å²) in [4.78, 5) is 11.7. The van der Waals surface area contributed by atoms with Gasteiger partial charge in [-0.2, -0.15) is 0 Å². The van der Waals surface area contributed by atoms with Gasteiger partial charge in [0, 0.05) is 24.5 Å². The molecule has 0 heterocycles. The van der Waals surface area contributed by atoms with Gasteiger partial charge in [0.15, 0.2) is 0 Å². The second-order valence-corrected chi connectivity index (χ2v) is 5.29. The van der Waals surface area contributed by atoms with Gasteiger partial charge in [-0.25, -0.2) is 4.79 Å². The predicted octanol–water partition coefficient (Wildman–Crippen LogP) is 2.57. The Morgan fingerprint density at radius 3 is 2.71 bits per heavy atom. The van der Waals surface area contributed by atoms with Crippen LogP contribution < -0.4 is 11.1 Å². The van der Waals surface area contributed by atoms with E-state index in [0.29, 0.717) is 17.2 Å². The lowest BCUT2D eigenvalue weighted by atomic mass is 10.00. The SMILES string of the molecule is CCCC(CCO)CNc1cc(C)c(N)c(C(=O)OC)c1. The molecule has 0 aliphatic heterocycles. The van der Waals surface area contributed by atoms with Gasteiger partial charge in [0.1, 0.15) is 0 Å². The highest BCUT2D eigenvalue weighted by molar-refractivity contribution is 5.97. The fraction of sp³-hybridized carbons (Fsp3) is 0.562. The number of hydrogen-bond acceptors (Lipinski definition) is 5.